The summed E-state index contributed by atoms with van der Waals surface area (Å²) in [5, 5.41) is 3.22. The van der Waals surface area contributed by atoms with E-state index in [1.54, 1.807) is 11.4 Å². The molecule has 20 heavy (non-hydrogen) atoms. The SMILES string of the molecule is COCCN(CC1CCCN1)S(=O)(=O)C1CCCCC1. The van der Waals surface area contributed by atoms with Gasteiger partial charge in [-0.25, -0.2) is 8.42 Å². The molecule has 0 amide bonds. The first-order valence-electron chi connectivity index (χ1n) is 7.86. The summed E-state index contributed by atoms with van der Waals surface area (Å²) in [4.78, 5) is 0. The lowest BCUT2D eigenvalue weighted by atomic mass is 10.0. The summed E-state index contributed by atoms with van der Waals surface area (Å²) >= 11 is 0. The molecule has 1 aliphatic carbocycles. The second kappa shape index (κ2) is 7.73. The molecule has 1 saturated carbocycles. The second-order valence-electron chi connectivity index (χ2n) is 5.95. The third kappa shape index (κ3) is 4.16. The lowest BCUT2D eigenvalue weighted by Gasteiger charge is -2.31. The monoisotopic (exact) mass is 304 g/mol. The molecule has 1 N–H and O–H groups in total. The van der Waals surface area contributed by atoms with E-state index in [2.05, 4.69) is 5.32 Å². The maximum atomic E-state index is 12.8. The molecule has 1 heterocycles. The zero-order chi connectivity index (χ0) is 14.4. The van der Waals surface area contributed by atoms with Gasteiger partial charge in [-0.2, -0.15) is 4.31 Å². The summed E-state index contributed by atoms with van der Waals surface area (Å²) in [5.41, 5.74) is 0. The van der Waals surface area contributed by atoms with Gasteiger partial charge in [0.25, 0.3) is 0 Å². The van der Waals surface area contributed by atoms with Gasteiger partial charge in [0.1, 0.15) is 0 Å². The minimum absolute atomic E-state index is 0.172. The third-order valence-electron chi connectivity index (χ3n) is 4.46. The van der Waals surface area contributed by atoms with Crippen molar-refractivity contribution >= 4 is 10.0 Å². The van der Waals surface area contributed by atoms with Crippen molar-refractivity contribution in [3.05, 3.63) is 0 Å². The van der Waals surface area contributed by atoms with E-state index in [9.17, 15) is 8.42 Å². The van der Waals surface area contributed by atoms with Crippen LogP contribution in [0.5, 0.6) is 0 Å². The van der Waals surface area contributed by atoms with Gasteiger partial charge in [0.05, 0.1) is 11.9 Å². The third-order valence-corrected chi connectivity index (χ3v) is 6.83. The molecule has 2 aliphatic rings. The molecule has 0 spiro atoms. The van der Waals surface area contributed by atoms with E-state index in [0.717, 1.165) is 45.1 Å². The number of nitrogens with zero attached hydrogens (tertiary/aromatic N) is 1. The Bertz CT molecular complexity index is 374. The number of nitrogens with one attached hydrogen (secondary N) is 1. The molecule has 0 bridgehead atoms. The topological polar surface area (TPSA) is 58.6 Å². The number of rotatable bonds is 7. The minimum Gasteiger partial charge on any atom is -0.383 e. The van der Waals surface area contributed by atoms with Crippen molar-refractivity contribution < 1.29 is 13.2 Å². The summed E-state index contributed by atoms with van der Waals surface area (Å²) in [7, 11) is -1.55. The van der Waals surface area contributed by atoms with Crippen LogP contribution in [0.4, 0.5) is 0 Å². The molecule has 0 aromatic carbocycles. The predicted octanol–water partition coefficient (Wildman–Crippen LogP) is 1.35. The van der Waals surface area contributed by atoms with Crippen LogP contribution in [-0.4, -0.2) is 57.4 Å². The van der Waals surface area contributed by atoms with Gasteiger partial charge >= 0.3 is 0 Å². The first-order chi connectivity index (χ1) is 9.64. The summed E-state index contributed by atoms with van der Waals surface area (Å²) in [6.45, 7) is 2.56. The highest BCUT2D eigenvalue weighted by Gasteiger charge is 2.34. The Kier molecular flexibility index (Phi) is 6.26. The van der Waals surface area contributed by atoms with E-state index in [1.807, 2.05) is 0 Å². The van der Waals surface area contributed by atoms with E-state index >= 15 is 0 Å². The van der Waals surface area contributed by atoms with Crippen molar-refractivity contribution in [2.24, 2.45) is 0 Å². The van der Waals surface area contributed by atoms with Crippen LogP contribution >= 0.6 is 0 Å². The van der Waals surface area contributed by atoms with Gasteiger partial charge in [0.15, 0.2) is 0 Å². The molecular formula is C14H28N2O3S. The summed E-state index contributed by atoms with van der Waals surface area (Å²) in [6, 6.07) is 0.310. The van der Waals surface area contributed by atoms with Crippen molar-refractivity contribution in [1.29, 1.82) is 0 Å². The average Bonchev–Trinajstić information content (AvgIpc) is 2.97. The summed E-state index contributed by atoms with van der Waals surface area (Å²) < 4.78 is 32.4. The quantitative estimate of drug-likeness (QED) is 0.771. The van der Waals surface area contributed by atoms with E-state index in [4.69, 9.17) is 4.74 Å². The number of methoxy groups -OCH3 is 1. The zero-order valence-electron chi connectivity index (χ0n) is 12.5. The number of ether oxygens (including phenoxy) is 1. The van der Waals surface area contributed by atoms with E-state index in [-0.39, 0.29) is 5.25 Å². The smallest absolute Gasteiger partial charge is 0.217 e. The Morgan fingerprint density at radius 3 is 2.50 bits per heavy atom. The van der Waals surface area contributed by atoms with Crippen LogP contribution in [0.25, 0.3) is 0 Å². The fraction of sp³-hybridized carbons (Fsp3) is 1.00. The largest absolute Gasteiger partial charge is 0.383 e. The second-order valence-corrected chi connectivity index (χ2v) is 8.16. The first-order valence-corrected chi connectivity index (χ1v) is 9.36. The average molecular weight is 304 g/mol. The van der Waals surface area contributed by atoms with Crippen LogP contribution < -0.4 is 5.32 Å². The van der Waals surface area contributed by atoms with Gasteiger partial charge in [-0.3, -0.25) is 0 Å². The normalized spacial score (nSPS) is 25.4. The van der Waals surface area contributed by atoms with Gasteiger partial charge < -0.3 is 10.1 Å². The molecule has 0 aromatic rings. The highest BCUT2D eigenvalue weighted by molar-refractivity contribution is 7.89. The molecule has 1 aliphatic heterocycles. The lowest BCUT2D eigenvalue weighted by molar-refractivity contribution is 0.175. The van der Waals surface area contributed by atoms with E-state index in [1.165, 1.54) is 6.42 Å². The molecule has 1 saturated heterocycles. The molecule has 118 valence electrons. The van der Waals surface area contributed by atoms with Gasteiger partial charge in [-0.15, -0.1) is 0 Å². The fourth-order valence-electron chi connectivity index (χ4n) is 3.25. The van der Waals surface area contributed by atoms with Gasteiger partial charge in [0, 0.05) is 26.2 Å². The van der Waals surface area contributed by atoms with Crippen LogP contribution in [0.3, 0.4) is 0 Å². The van der Waals surface area contributed by atoms with Crippen molar-refractivity contribution in [1.82, 2.24) is 9.62 Å². The molecule has 0 radical (unpaired) electrons. The standard InChI is InChI=1S/C14H28N2O3S/c1-19-11-10-16(12-13-6-5-9-15-13)20(17,18)14-7-3-2-4-8-14/h13-15H,2-12H2,1H3. The lowest BCUT2D eigenvalue weighted by Crippen LogP contribution is -2.46. The highest BCUT2D eigenvalue weighted by Crippen LogP contribution is 2.26. The van der Waals surface area contributed by atoms with Crippen molar-refractivity contribution in [3.8, 4) is 0 Å². The molecule has 0 aromatic heterocycles. The first kappa shape index (κ1) is 16.2. The number of sulfonamides is 1. The Labute approximate surface area is 123 Å². The van der Waals surface area contributed by atoms with Crippen LogP contribution in [0, 0.1) is 0 Å². The molecule has 1 atom stereocenters. The molecule has 6 heteroatoms. The minimum atomic E-state index is -3.17. The number of hydrogen-bond donors (Lipinski definition) is 1. The van der Waals surface area contributed by atoms with Gasteiger partial charge in [-0.05, 0) is 32.2 Å². The predicted molar refractivity (Wildman–Crippen MR) is 80.3 cm³/mol. The van der Waals surface area contributed by atoms with Crippen LogP contribution in [-0.2, 0) is 14.8 Å². The fourth-order valence-corrected chi connectivity index (χ4v) is 5.32. The van der Waals surface area contributed by atoms with Gasteiger partial charge in [-0.1, -0.05) is 19.3 Å². The molecular weight excluding hydrogens is 276 g/mol. The summed E-state index contributed by atoms with van der Waals surface area (Å²) in [6.07, 6.45) is 7.13. The zero-order valence-corrected chi connectivity index (χ0v) is 13.3. The molecule has 2 rings (SSSR count). The molecule has 2 fully saturated rings. The molecule has 5 nitrogen and oxygen atoms in total. The van der Waals surface area contributed by atoms with E-state index < -0.39 is 10.0 Å². The van der Waals surface area contributed by atoms with Gasteiger partial charge in [0.2, 0.25) is 10.0 Å². The Balaban J connectivity index is 2.02. The maximum Gasteiger partial charge on any atom is 0.217 e. The van der Waals surface area contributed by atoms with Crippen molar-refractivity contribution in [3.63, 3.8) is 0 Å². The van der Waals surface area contributed by atoms with Crippen LogP contribution in [0.15, 0.2) is 0 Å². The van der Waals surface area contributed by atoms with Crippen LogP contribution in [0.2, 0.25) is 0 Å². The number of hydrogen-bond acceptors (Lipinski definition) is 4. The Hall–Kier alpha value is -0.170. The highest BCUT2D eigenvalue weighted by atomic mass is 32.2. The maximum absolute atomic E-state index is 12.8. The van der Waals surface area contributed by atoms with Crippen LogP contribution in [0.1, 0.15) is 44.9 Å². The molecule has 1 unspecified atom stereocenters. The van der Waals surface area contributed by atoms with Crippen molar-refractivity contribution in [2.75, 3.05) is 33.4 Å². The Morgan fingerprint density at radius 1 is 1.15 bits per heavy atom. The Morgan fingerprint density at radius 2 is 1.90 bits per heavy atom. The van der Waals surface area contributed by atoms with E-state index in [0.29, 0.717) is 25.7 Å². The van der Waals surface area contributed by atoms with Crippen molar-refractivity contribution in [2.45, 2.75) is 56.2 Å². The summed E-state index contributed by atoms with van der Waals surface area (Å²) in [5.74, 6) is 0.